The van der Waals surface area contributed by atoms with Crippen molar-refractivity contribution in [3.05, 3.63) is 94.7 Å². The first-order valence-electron chi connectivity index (χ1n) is 7.54. The average molecular weight is 420 g/mol. The minimum Gasteiger partial charge on any atom is -0.262 e. The molecule has 0 spiro atoms. The molecule has 0 bridgehead atoms. The first-order valence-corrected chi connectivity index (χ1v) is 9.78. The molecule has 128 valence electrons. The highest BCUT2D eigenvalue weighted by Crippen LogP contribution is 2.26. The van der Waals surface area contributed by atoms with Crippen LogP contribution in [0.2, 0.25) is 0 Å². The van der Waals surface area contributed by atoms with E-state index in [9.17, 15) is 12.8 Å². The van der Waals surface area contributed by atoms with Crippen LogP contribution in [0, 0.1) is 5.82 Å². The monoisotopic (exact) mass is 419 g/mol. The molecular weight excluding hydrogens is 405 g/mol. The quantitative estimate of drug-likeness (QED) is 0.584. The van der Waals surface area contributed by atoms with Crippen LogP contribution in [0.25, 0.3) is 0 Å². The second-order valence-corrected chi connectivity index (χ2v) is 8.21. The molecule has 3 nitrogen and oxygen atoms in total. The Morgan fingerprint density at radius 2 is 1.44 bits per heavy atom. The molecule has 0 aromatic heterocycles. The van der Waals surface area contributed by atoms with E-state index in [1.807, 2.05) is 24.3 Å². The fraction of sp³-hybridized carbons (Fsp3) is 0.0526. The van der Waals surface area contributed by atoms with Crippen molar-refractivity contribution in [1.82, 2.24) is 0 Å². The van der Waals surface area contributed by atoms with E-state index in [-0.39, 0.29) is 11.4 Å². The van der Waals surface area contributed by atoms with Crippen LogP contribution in [-0.2, 0) is 16.6 Å². The third-order valence-corrected chi connectivity index (χ3v) is 6.00. The van der Waals surface area contributed by atoms with Crippen LogP contribution in [0.5, 0.6) is 0 Å². The van der Waals surface area contributed by atoms with Crippen LogP contribution in [0.4, 0.5) is 10.1 Å². The van der Waals surface area contributed by atoms with Crippen LogP contribution in [0.15, 0.2) is 88.2 Å². The van der Waals surface area contributed by atoms with Gasteiger partial charge in [-0.15, -0.1) is 0 Å². The number of nitrogens with zero attached hydrogens (tertiary/aromatic N) is 1. The molecule has 0 aliphatic carbocycles. The van der Waals surface area contributed by atoms with E-state index < -0.39 is 15.8 Å². The Kier molecular flexibility index (Phi) is 5.20. The van der Waals surface area contributed by atoms with Gasteiger partial charge in [0.15, 0.2) is 0 Å². The lowest BCUT2D eigenvalue weighted by Gasteiger charge is -2.25. The smallest absolute Gasteiger partial charge is 0.262 e. The summed E-state index contributed by atoms with van der Waals surface area (Å²) in [5.74, 6) is -0.413. The molecular formula is C19H15BrFNO2S. The predicted molar refractivity (Wildman–Crippen MR) is 100 cm³/mol. The number of hydrogen-bond donors (Lipinski definition) is 0. The van der Waals surface area contributed by atoms with E-state index in [2.05, 4.69) is 15.9 Å². The minimum absolute atomic E-state index is 0.149. The van der Waals surface area contributed by atoms with E-state index in [0.717, 1.165) is 10.0 Å². The van der Waals surface area contributed by atoms with Crippen molar-refractivity contribution in [2.24, 2.45) is 0 Å². The van der Waals surface area contributed by atoms with Crippen LogP contribution in [-0.4, -0.2) is 8.42 Å². The Bertz CT molecular complexity index is 943. The predicted octanol–water partition coefficient (Wildman–Crippen LogP) is 4.98. The lowest BCUT2D eigenvalue weighted by Crippen LogP contribution is -2.30. The second kappa shape index (κ2) is 7.37. The summed E-state index contributed by atoms with van der Waals surface area (Å²) in [6.45, 7) is 0.149. The minimum atomic E-state index is -3.78. The maximum absolute atomic E-state index is 13.3. The summed E-state index contributed by atoms with van der Waals surface area (Å²) in [5, 5.41) is 0. The molecule has 0 heterocycles. The summed E-state index contributed by atoms with van der Waals surface area (Å²) in [5.41, 5.74) is 1.24. The summed E-state index contributed by atoms with van der Waals surface area (Å²) in [7, 11) is -3.78. The Balaban J connectivity index is 2.05. The highest BCUT2D eigenvalue weighted by molar-refractivity contribution is 9.10. The van der Waals surface area contributed by atoms with Gasteiger partial charge < -0.3 is 0 Å². The van der Waals surface area contributed by atoms with E-state index in [4.69, 9.17) is 0 Å². The van der Waals surface area contributed by atoms with Crippen molar-refractivity contribution in [2.45, 2.75) is 11.4 Å². The van der Waals surface area contributed by atoms with Crippen molar-refractivity contribution in [2.75, 3.05) is 4.31 Å². The number of benzene rings is 3. The zero-order chi connectivity index (χ0) is 17.9. The van der Waals surface area contributed by atoms with Crippen LogP contribution < -0.4 is 4.31 Å². The third kappa shape index (κ3) is 4.08. The van der Waals surface area contributed by atoms with Gasteiger partial charge in [0, 0.05) is 4.47 Å². The van der Waals surface area contributed by atoms with Gasteiger partial charge in [-0.25, -0.2) is 12.8 Å². The topological polar surface area (TPSA) is 37.4 Å². The molecule has 0 unspecified atom stereocenters. The summed E-state index contributed by atoms with van der Waals surface area (Å²) < 4.78 is 41.7. The van der Waals surface area contributed by atoms with E-state index in [0.29, 0.717) is 5.69 Å². The maximum Gasteiger partial charge on any atom is 0.264 e. The Labute approximate surface area is 154 Å². The van der Waals surface area contributed by atoms with E-state index in [1.165, 1.54) is 28.6 Å². The molecule has 0 radical (unpaired) electrons. The zero-order valence-corrected chi connectivity index (χ0v) is 15.5. The zero-order valence-electron chi connectivity index (χ0n) is 13.1. The SMILES string of the molecule is O=S(=O)(c1ccccc1)N(Cc1ccc(Br)cc1)c1ccc(F)cc1. The number of halogens is 2. The largest absolute Gasteiger partial charge is 0.264 e. The molecule has 0 fully saturated rings. The van der Waals surface area contributed by atoms with Gasteiger partial charge in [0.2, 0.25) is 0 Å². The number of anilines is 1. The lowest BCUT2D eigenvalue weighted by atomic mass is 10.2. The third-order valence-electron chi connectivity index (χ3n) is 3.69. The Hall–Kier alpha value is -2.18. The van der Waals surface area contributed by atoms with Gasteiger partial charge in [0.25, 0.3) is 10.0 Å². The highest BCUT2D eigenvalue weighted by atomic mass is 79.9. The van der Waals surface area contributed by atoms with Crippen molar-refractivity contribution in [3.63, 3.8) is 0 Å². The lowest BCUT2D eigenvalue weighted by molar-refractivity contribution is 0.590. The number of sulfonamides is 1. The van der Waals surface area contributed by atoms with Gasteiger partial charge >= 0.3 is 0 Å². The molecule has 25 heavy (non-hydrogen) atoms. The average Bonchev–Trinajstić information content (AvgIpc) is 2.63. The molecule has 0 aliphatic rings. The standard InChI is InChI=1S/C19H15BrFNO2S/c20-16-8-6-15(7-9-16)14-22(18-12-10-17(21)11-13-18)25(23,24)19-4-2-1-3-5-19/h1-13H,14H2. The molecule has 0 saturated heterocycles. The van der Waals surface area contributed by atoms with Crippen LogP contribution in [0.3, 0.4) is 0 Å². The van der Waals surface area contributed by atoms with Crippen molar-refractivity contribution in [3.8, 4) is 0 Å². The van der Waals surface area contributed by atoms with Gasteiger partial charge in [0.05, 0.1) is 17.1 Å². The van der Waals surface area contributed by atoms with Crippen molar-refractivity contribution >= 4 is 31.6 Å². The first-order chi connectivity index (χ1) is 12.0. The van der Waals surface area contributed by atoms with Gasteiger partial charge in [-0.05, 0) is 54.1 Å². The van der Waals surface area contributed by atoms with Crippen LogP contribution in [0.1, 0.15) is 5.56 Å². The number of rotatable bonds is 5. The van der Waals surface area contributed by atoms with Crippen molar-refractivity contribution in [1.29, 1.82) is 0 Å². The molecule has 6 heteroatoms. The highest BCUT2D eigenvalue weighted by Gasteiger charge is 2.25. The van der Waals surface area contributed by atoms with E-state index in [1.54, 1.807) is 30.3 Å². The van der Waals surface area contributed by atoms with Gasteiger partial charge in [0.1, 0.15) is 5.82 Å². The molecule has 0 saturated carbocycles. The molecule has 3 aromatic rings. The fourth-order valence-electron chi connectivity index (χ4n) is 2.40. The Morgan fingerprint density at radius 1 is 0.840 bits per heavy atom. The maximum atomic E-state index is 13.3. The molecule has 3 rings (SSSR count). The molecule has 0 amide bonds. The summed E-state index contributed by atoms with van der Waals surface area (Å²) in [6, 6.07) is 21.1. The van der Waals surface area contributed by atoms with Gasteiger partial charge in [-0.2, -0.15) is 0 Å². The number of hydrogen-bond acceptors (Lipinski definition) is 2. The van der Waals surface area contributed by atoms with Crippen molar-refractivity contribution < 1.29 is 12.8 Å². The summed E-state index contributed by atoms with van der Waals surface area (Å²) in [6.07, 6.45) is 0. The van der Waals surface area contributed by atoms with E-state index >= 15 is 0 Å². The molecule has 0 aliphatic heterocycles. The van der Waals surface area contributed by atoms with Gasteiger partial charge in [-0.3, -0.25) is 4.31 Å². The van der Waals surface area contributed by atoms with Crippen LogP contribution >= 0.6 is 15.9 Å². The second-order valence-electron chi connectivity index (χ2n) is 5.43. The first kappa shape index (κ1) is 17.6. The molecule has 0 N–H and O–H groups in total. The normalized spacial score (nSPS) is 11.3. The fourth-order valence-corrected chi connectivity index (χ4v) is 4.14. The summed E-state index contributed by atoms with van der Waals surface area (Å²) >= 11 is 3.37. The molecule has 3 aromatic carbocycles. The Morgan fingerprint density at radius 3 is 2.04 bits per heavy atom. The van der Waals surface area contributed by atoms with Gasteiger partial charge in [-0.1, -0.05) is 46.3 Å². The molecule has 0 atom stereocenters. The summed E-state index contributed by atoms with van der Waals surface area (Å²) in [4.78, 5) is 0.191.